The van der Waals surface area contributed by atoms with E-state index in [9.17, 15) is 0 Å². The number of nitrogens with zero attached hydrogens (tertiary/aromatic N) is 1. The minimum atomic E-state index is 0.227. The zero-order valence-electron chi connectivity index (χ0n) is 24.4. The van der Waals surface area contributed by atoms with Crippen molar-refractivity contribution in [3.8, 4) is 18.4 Å². The zero-order chi connectivity index (χ0) is 27.0. The summed E-state index contributed by atoms with van der Waals surface area (Å²) in [4.78, 5) is 0. The first-order chi connectivity index (χ1) is 18.7. The van der Waals surface area contributed by atoms with Crippen molar-refractivity contribution in [1.82, 2.24) is 31.9 Å². The summed E-state index contributed by atoms with van der Waals surface area (Å²) >= 11 is 0. The number of nitriles is 1. The average Bonchev–Trinajstić information content (AvgIpc) is 2.92. The predicted octanol–water partition coefficient (Wildman–Crippen LogP) is 3.14. The van der Waals surface area contributed by atoms with Gasteiger partial charge >= 0.3 is 0 Å². The molecule has 0 saturated carbocycles. The van der Waals surface area contributed by atoms with Crippen molar-refractivity contribution in [3.05, 3.63) is 0 Å². The molecule has 0 spiro atoms. The molecule has 6 N–H and O–H groups in total. The molecule has 7 heteroatoms. The molecule has 2 bridgehead atoms. The molecule has 3 heterocycles. The van der Waals surface area contributed by atoms with E-state index in [1.54, 1.807) is 0 Å². The zero-order valence-corrected chi connectivity index (χ0v) is 24.4. The maximum atomic E-state index is 8.76. The Morgan fingerprint density at radius 1 is 0.474 bits per heavy atom. The molecule has 0 amide bonds. The molecule has 3 saturated heterocycles. The van der Waals surface area contributed by atoms with Gasteiger partial charge in [-0.1, -0.05) is 51.4 Å². The van der Waals surface area contributed by atoms with Crippen molar-refractivity contribution in [2.45, 2.75) is 89.9 Å². The number of hydrogen-bond donors (Lipinski definition) is 6. The Labute approximate surface area is 234 Å². The smallest absolute Gasteiger partial charge is 0.0621 e. The van der Waals surface area contributed by atoms with Crippen LogP contribution in [0.5, 0.6) is 0 Å². The van der Waals surface area contributed by atoms with Crippen LogP contribution in [-0.4, -0.2) is 78.5 Å². The SMILES string of the molecule is C#CCCCCCCCC12CNCCNCC(CCCCCCCC#N)(CNCCNC1)CNCCNC2. The highest BCUT2D eigenvalue weighted by Gasteiger charge is 2.31. The first-order valence-electron chi connectivity index (χ1n) is 15.8. The summed E-state index contributed by atoms with van der Waals surface area (Å²) in [7, 11) is 0. The number of hydrogen-bond acceptors (Lipinski definition) is 7. The molecule has 0 atom stereocenters. The average molecular weight is 530 g/mol. The second-order valence-corrected chi connectivity index (χ2v) is 12.0. The third kappa shape index (κ3) is 14.8. The van der Waals surface area contributed by atoms with Crippen molar-refractivity contribution in [3.63, 3.8) is 0 Å². The largest absolute Gasteiger partial charge is 0.315 e. The third-order valence-electron chi connectivity index (χ3n) is 8.46. The molecular formula is C31H59N7. The van der Waals surface area contributed by atoms with Crippen LogP contribution in [0, 0.1) is 34.5 Å². The van der Waals surface area contributed by atoms with Gasteiger partial charge in [0.1, 0.15) is 0 Å². The molecular weight excluding hydrogens is 470 g/mol. The fourth-order valence-electron chi connectivity index (χ4n) is 6.05. The Morgan fingerprint density at radius 2 is 0.789 bits per heavy atom. The van der Waals surface area contributed by atoms with Crippen LogP contribution in [0.1, 0.15) is 89.9 Å². The van der Waals surface area contributed by atoms with Crippen molar-refractivity contribution >= 4 is 0 Å². The Morgan fingerprint density at radius 3 is 1.13 bits per heavy atom. The van der Waals surface area contributed by atoms with E-state index in [0.717, 1.165) is 91.4 Å². The van der Waals surface area contributed by atoms with Crippen molar-refractivity contribution in [2.75, 3.05) is 78.5 Å². The number of terminal acetylenes is 1. The van der Waals surface area contributed by atoms with E-state index >= 15 is 0 Å². The first kappa shape index (κ1) is 33.0. The summed E-state index contributed by atoms with van der Waals surface area (Å²) in [6, 6.07) is 2.27. The Bertz CT molecular complexity index is 554. The van der Waals surface area contributed by atoms with E-state index in [4.69, 9.17) is 11.7 Å². The standard InChI is InChI=1S/C31H59N7/c1-2-3-4-5-6-9-12-15-30-24-33-18-21-36-27-31(28-37-22-19-34-25-30,29-38-23-20-35-26-30)16-13-10-7-8-11-14-17-32/h1,33-38H,3-16,18-29H2. The van der Waals surface area contributed by atoms with Crippen LogP contribution in [-0.2, 0) is 0 Å². The number of nitrogens with one attached hydrogen (secondary N) is 6. The van der Waals surface area contributed by atoms with Gasteiger partial charge in [-0.2, -0.15) is 5.26 Å². The van der Waals surface area contributed by atoms with Crippen molar-refractivity contribution < 1.29 is 0 Å². The van der Waals surface area contributed by atoms with Crippen LogP contribution in [0.15, 0.2) is 0 Å². The van der Waals surface area contributed by atoms with Crippen LogP contribution < -0.4 is 31.9 Å². The molecule has 0 aromatic carbocycles. The van der Waals surface area contributed by atoms with Crippen LogP contribution in [0.25, 0.3) is 0 Å². The molecule has 7 nitrogen and oxygen atoms in total. The molecule has 0 radical (unpaired) electrons. The monoisotopic (exact) mass is 529 g/mol. The Hall–Kier alpha value is -1.19. The number of fused-ring (bicyclic) bond motifs is 15. The molecule has 0 aromatic heterocycles. The molecule has 218 valence electrons. The van der Waals surface area contributed by atoms with E-state index in [2.05, 4.69) is 43.9 Å². The van der Waals surface area contributed by atoms with Crippen LogP contribution in [0.4, 0.5) is 0 Å². The maximum Gasteiger partial charge on any atom is 0.0621 e. The van der Waals surface area contributed by atoms with Gasteiger partial charge in [-0.05, 0) is 25.7 Å². The third-order valence-corrected chi connectivity index (χ3v) is 8.46. The van der Waals surface area contributed by atoms with Gasteiger partial charge in [-0.15, -0.1) is 12.3 Å². The summed E-state index contributed by atoms with van der Waals surface area (Å²) in [5.41, 5.74) is 0.467. The molecule has 0 aliphatic carbocycles. The summed E-state index contributed by atoms with van der Waals surface area (Å²) in [6.07, 6.45) is 21.8. The fourth-order valence-corrected chi connectivity index (χ4v) is 6.05. The van der Waals surface area contributed by atoms with Crippen LogP contribution in [0.2, 0.25) is 0 Å². The molecule has 3 aliphatic rings. The van der Waals surface area contributed by atoms with E-state index in [1.165, 1.54) is 70.6 Å². The van der Waals surface area contributed by atoms with Crippen LogP contribution in [0.3, 0.4) is 0 Å². The summed E-state index contributed by atoms with van der Waals surface area (Å²) < 4.78 is 0. The van der Waals surface area contributed by atoms with Gasteiger partial charge in [-0.3, -0.25) is 0 Å². The Balaban J connectivity index is 1.93. The van der Waals surface area contributed by atoms with Gasteiger partial charge in [0.2, 0.25) is 0 Å². The minimum absolute atomic E-state index is 0.227. The predicted molar refractivity (Wildman–Crippen MR) is 161 cm³/mol. The van der Waals surface area contributed by atoms with Crippen LogP contribution >= 0.6 is 0 Å². The molecule has 0 unspecified atom stereocenters. The van der Waals surface area contributed by atoms with E-state index < -0.39 is 0 Å². The topological polar surface area (TPSA) is 96.0 Å². The molecule has 0 aromatic rings. The van der Waals surface area contributed by atoms with Gasteiger partial charge in [0.15, 0.2) is 0 Å². The van der Waals surface area contributed by atoms with E-state index in [0.29, 0.717) is 6.42 Å². The molecule has 3 fully saturated rings. The summed E-state index contributed by atoms with van der Waals surface area (Å²) in [5.74, 6) is 2.77. The lowest BCUT2D eigenvalue weighted by Crippen LogP contribution is -2.55. The van der Waals surface area contributed by atoms with E-state index in [-0.39, 0.29) is 10.8 Å². The second kappa shape index (κ2) is 21.6. The highest BCUT2D eigenvalue weighted by atomic mass is 15.0. The second-order valence-electron chi connectivity index (χ2n) is 12.0. The number of unbranched alkanes of at least 4 members (excludes halogenated alkanes) is 10. The molecule has 3 aliphatic heterocycles. The highest BCUT2D eigenvalue weighted by Crippen LogP contribution is 2.26. The van der Waals surface area contributed by atoms with Crippen molar-refractivity contribution in [1.29, 1.82) is 5.26 Å². The van der Waals surface area contributed by atoms with Gasteiger partial charge < -0.3 is 31.9 Å². The van der Waals surface area contributed by atoms with Gasteiger partial charge in [0.05, 0.1) is 6.07 Å². The maximum absolute atomic E-state index is 8.76. The lowest BCUT2D eigenvalue weighted by Gasteiger charge is -2.38. The number of rotatable bonds is 14. The van der Waals surface area contributed by atoms with Gasteiger partial charge in [0.25, 0.3) is 0 Å². The normalized spacial score (nSPS) is 26.2. The lowest BCUT2D eigenvalue weighted by atomic mass is 9.81. The minimum Gasteiger partial charge on any atom is -0.315 e. The fraction of sp³-hybridized carbons (Fsp3) is 0.903. The molecule has 38 heavy (non-hydrogen) atoms. The quantitative estimate of drug-likeness (QED) is 0.152. The van der Waals surface area contributed by atoms with Crippen molar-refractivity contribution in [2.24, 2.45) is 10.8 Å². The summed E-state index contributed by atoms with van der Waals surface area (Å²) in [6.45, 7) is 12.4. The van der Waals surface area contributed by atoms with Gasteiger partial charge in [0, 0.05) is 102 Å². The lowest BCUT2D eigenvalue weighted by molar-refractivity contribution is 0.197. The summed E-state index contributed by atoms with van der Waals surface area (Å²) in [5, 5.41) is 31.7. The molecule has 3 rings (SSSR count). The highest BCUT2D eigenvalue weighted by molar-refractivity contribution is 4.90. The first-order valence-corrected chi connectivity index (χ1v) is 15.8. The van der Waals surface area contributed by atoms with Gasteiger partial charge in [-0.25, -0.2) is 0 Å². The van der Waals surface area contributed by atoms with E-state index in [1.807, 2.05) is 0 Å². The Kier molecular flexibility index (Phi) is 18.8.